The first-order chi connectivity index (χ1) is 13.9. The summed E-state index contributed by atoms with van der Waals surface area (Å²) in [6, 6.07) is 3.24. The van der Waals surface area contributed by atoms with Crippen LogP contribution in [0, 0.1) is 0 Å². The Morgan fingerprint density at radius 1 is 1.28 bits per heavy atom. The number of aryl methyl sites for hydroxylation is 1. The van der Waals surface area contributed by atoms with Gasteiger partial charge in [-0.25, -0.2) is 0 Å². The molecule has 3 heterocycles. The number of pyridine rings is 1. The van der Waals surface area contributed by atoms with E-state index in [4.69, 9.17) is 11.5 Å². The number of hydrogen-bond donors (Lipinski definition) is 4. The van der Waals surface area contributed by atoms with E-state index in [1.54, 1.807) is 12.4 Å². The van der Waals surface area contributed by atoms with Crippen molar-refractivity contribution in [1.29, 1.82) is 0 Å². The molecule has 2 aromatic rings. The van der Waals surface area contributed by atoms with E-state index in [9.17, 15) is 14.4 Å². The van der Waals surface area contributed by atoms with Crippen LogP contribution in [-0.4, -0.2) is 57.8 Å². The van der Waals surface area contributed by atoms with Crippen LogP contribution in [0.15, 0.2) is 24.5 Å². The number of likely N-dealkylation sites (tertiary alicyclic amines) is 1. The molecule has 9 heteroatoms. The lowest BCUT2D eigenvalue weighted by Gasteiger charge is -2.33. The number of amides is 3. The van der Waals surface area contributed by atoms with E-state index in [1.165, 1.54) is 0 Å². The minimum atomic E-state index is -0.742. The van der Waals surface area contributed by atoms with E-state index < -0.39 is 11.9 Å². The number of rotatable bonds is 8. The molecule has 0 saturated carbocycles. The Bertz CT molecular complexity index is 839. The lowest BCUT2D eigenvalue weighted by atomic mass is 10.0. The van der Waals surface area contributed by atoms with Gasteiger partial charge in [-0.1, -0.05) is 0 Å². The molecule has 1 fully saturated rings. The molecule has 3 amide bonds. The van der Waals surface area contributed by atoms with Gasteiger partial charge in [0, 0.05) is 49.2 Å². The van der Waals surface area contributed by atoms with E-state index in [-0.39, 0.29) is 30.7 Å². The number of nitrogens with one attached hydrogen (secondary N) is 2. The standard InChI is InChI=1S/C20H28N6O3/c21-16(2-3-18(22)27)20(29)25-14-6-9-26(10-7-14)19(28)4-1-15-11-13-5-8-23-12-17(13)24-15/h5,8,11-12,14,16,24H,1-4,6-7,9-10,21H2,(H2,22,27)(H,25,29). The second-order valence-corrected chi connectivity index (χ2v) is 7.53. The summed E-state index contributed by atoms with van der Waals surface area (Å²) in [7, 11) is 0. The average Bonchev–Trinajstić information content (AvgIpc) is 3.13. The molecule has 1 aliphatic rings. The minimum absolute atomic E-state index is 0.00705. The molecule has 0 radical (unpaired) electrons. The number of carbonyl (C=O) groups excluding carboxylic acids is 3. The maximum absolute atomic E-state index is 12.5. The summed E-state index contributed by atoms with van der Waals surface area (Å²) in [5.74, 6) is -0.627. The predicted molar refractivity (Wildman–Crippen MR) is 109 cm³/mol. The highest BCUT2D eigenvalue weighted by Gasteiger charge is 2.25. The molecule has 2 aromatic heterocycles. The van der Waals surface area contributed by atoms with Crippen molar-refractivity contribution in [2.75, 3.05) is 13.1 Å². The van der Waals surface area contributed by atoms with Crippen LogP contribution in [0.1, 0.15) is 37.8 Å². The monoisotopic (exact) mass is 400 g/mol. The van der Waals surface area contributed by atoms with Gasteiger partial charge in [-0.15, -0.1) is 0 Å². The summed E-state index contributed by atoms with van der Waals surface area (Å²) in [6.45, 7) is 1.22. The minimum Gasteiger partial charge on any atom is -0.370 e. The van der Waals surface area contributed by atoms with Crippen LogP contribution in [0.5, 0.6) is 0 Å². The molecule has 0 spiro atoms. The zero-order valence-corrected chi connectivity index (χ0v) is 16.4. The van der Waals surface area contributed by atoms with Crippen LogP contribution >= 0.6 is 0 Å². The third-order valence-electron chi connectivity index (χ3n) is 5.32. The maximum atomic E-state index is 12.5. The highest BCUT2D eigenvalue weighted by atomic mass is 16.2. The number of aromatic nitrogens is 2. The topological polar surface area (TPSA) is 147 Å². The Kier molecular flexibility index (Phi) is 6.82. The number of fused-ring (bicyclic) bond motifs is 1. The smallest absolute Gasteiger partial charge is 0.237 e. The van der Waals surface area contributed by atoms with Crippen molar-refractivity contribution in [3.05, 3.63) is 30.2 Å². The number of aromatic amines is 1. The summed E-state index contributed by atoms with van der Waals surface area (Å²) in [6.07, 6.45) is 6.33. The van der Waals surface area contributed by atoms with Crippen LogP contribution in [0.4, 0.5) is 0 Å². The van der Waals surface area contributed by atoms with Gasteiger partial charge in [0.05, 0.1) is 17.8 Å². The number of primary amides is 1. The van der Waals surface area contributed by atoms with Crippen molar-refractivity contribution in [3.8, 4) is 0 Å². The Morgan fingerprint density at radius 2 is 2.03 bits per heavy atom. The fraction of sp³-hybridized carbons (Fsp3) is 0.500. The Balaban J connectivity index is 1.39. The number of hydrogen-bond acceptors (Lipinski definition) is 5. The van der Waals surface area contributed by atoms with Crippen LogP contribution in [-0.2, 0) is 20.8 Å². The molecule has 3 rings (SSSR count). The third-order valence-corrected chi connectivity index (χ3v) is 5.32. The molecular weight excluding hydrogens is 372 g/mol. The van der Waals surface area contributed by atoms with Gasteiger partial charge in [0.15, 0.2) is 0 Å². The average molecular weight is 400 g/mol. The molecule has 6 N–H and O–H groups in total. The van der Waals surface area contributed by atoms with Crippen LogP contribution in [0.2, 0.25) is 0 Å². The zero-order chi connectivity index (χ0) is 20.8. The first-order valence-corrected chi connectivity index (χ1v) is 9.96. The molecule has 1 saturated heterocycles. The molecule has 1 aliphatic heterocycles. The molecule has 0 aromatic carbocycles. The van der Waals surface area contributed by atoms with Gasteiger partial charge in [0.2, 0.25) is 17.7 Å². The molecule has 29 heavy (non-hydrogen) atoms. The van der Waals surface area contributed by atoms with Crippen molar-refractivity contribution in [1.82, 2.24) is 20.2 Å². The molecule has 0 bridgehead atoms. The van der Waals surface area contributed by atoms with Crippen molar-refractivity contribution in [2.45, 2.75) is 50.6 Å². The van der Waals surface area contributed by atoms with Gasteiger partial charge in [0.25, 0.3) is 0 Å². The summed E-state index contributed by atoms with van der Waals surface area (Å²) in [5, 5.41) is 4.00. The van der Waals surface area contributed by atoms with Gasteiger partial charge >= 0.3 is 0 Å². The largest absolute Gasteiger partial charge is 0.370 e. The molecule has 1 atom stereocenters. The molecule has 1 unspecified atom stereocenters. The third kappa shape index (κ3) is 5.77. The van der Waals surface area contributed by atoms with Gasteiger partial charge in [-0.2, -0.15) is 0 Å². The van der Waals surface area contributed by atoms with E-state index in [1.807, 2.05) is 17.0 Å². The molecular formula is C20H28N6O3. The number of nitrogens with zero attached hydrogens (tertiary/aromatic N) is 2. The summed E-state index contributed by atoms with van der Waals surface area (Å²) >= 11 is 0. The first kappa shape index (κ1) is 20.8. The van der Waals surface area contributed by atoms with E-state index >= 15 is 0 Å². The van der Waals surface area contributed by atoms with Gasteiger partial charge in [0.1, 0.15) is 0 Å². The van der Waals surface area contributed by atoms with Gasteiger partial charge in [-0.3, -0.25) is 19.4 Å². The second-order valence-electron chi connectivity index (χ2n) is 7.53. The van der Waals surface area contributed by atoms with Gasteiger partial charge < -0.3 is 26.7 Å². The first-order valence-electron chi connectivity index (χ1n) is 9.96. The summed E-state index contributed by atoms with van der Waals surface area (Å²) in [4.78, 5) is 44.6. The normalized spacial score (nSPS) is 16.0. The molecule has 0 aliphatic carbocycles. The lowest BCUT2D eigenvalue weighted by Crippen LogP contribution is -2.50. The predicted octanol–water partition coefficient (Wildman–Crippen LogP) is 0.196. The van der Waals surface area contributed by atoms with Crippen molar-refractivity contribution >= 4 is 28.6 Å². The van der Waals surface area contributed by atoms with Gasteiger partial charge in [-0.05, 0) is 37.8 Å². The van der Waals surface area contributed by atoms with Crippen LogP contribution < -0.4 is 16.8 Å². The maximum Gasteiger partial charge on any atom is 0.237 e. The second kappa shape index (κ2) is 9.51. The van der Waals surface area contributed by atoms with E-state index in [0.717, 1.165) is 16.6 Å². The van der Waals surface area contributed by atoms with Crippen LogP contribution in [0.3, 0.4) is 0 Å². The Hall–Kier alpha value is -2.94. The lowest BCUT2D eigenvalue weighted by molar-refractivity contribution is -0.132. The number of H-pyrrole nitrogens is 1. The fourth-order valence-corrected chi connectivity index (χ4v) is 3.58. The SMILES string of the molecule is NC(=O)CCC(N)C(=O)NC1CCN(C(=O)CCc2cc3ccncc3[nH]2)CC1. The number of piperidine rings is 1. The Morgan fingerprint density at radius 3 is 2.72 bits per heavy atom. The zero-order valence-electron chi connectivity index (χ0n) is 16.4. The summed E-state index contributed by atoms with van der Waals surface area (Å²) < 4.78 is 0. The van der Waals surface area contributed by atoms with E-state index in [2.05, 4.69) is 15.3 Å². The fourth-order valence-electron chi connectivity index (χ4n) is 3.58. The van der Waals surface area contributed by atoms with E-state index in [0.29, 0.717) is 38.8 Å². The quantitative estimate of drug-likeness (QED) is 0.499. The van der Waals surface area contributed by atoms with Crippen molar-refractivity contribution < 1.29 is 14.4 Å². The number of carbonyl (C=O) groups is 3. The van der Waals surface area contributed by atoms with Crippen LogP contribution in [0.25, 0.3) is 10.9 Å². The highest BCUT2D eigenvalue weighted by molar-refractivity contribution is 5.83. The van der Waals surface area contributed by atoms with Crippen molar-refractivity contribution in [2.24, 2.45) is 11.5 Å². The summed E-state index contributed by atoms with van der Waals surface area (Å²) in [5.41, 5.74) is 12.9. The molecule has 156 valence electrons. The number of nitrogens with two attached hydrogens (primary N) is 2. The Labute approximate surface area is 169 Å². The van der Waals surface area contributed by atoms with Crippen molar-refractivity contribution in [3.63, 3.8) is 0 Å². The highest BCUT2D eigenvalue weighted by Crippen LogP contribution is 2.16. The molecule has 9 nitrogen and oxygen atoms in total.